The molecule has 0 saturated heterocycles. The molecule has 2 aromatic rings. The molecular weight excluding hydrogens is 397 g/mol. The number of ketones is 1. The number of amidine groups is 1. The first kappa shape index (κ1) is 16.4. The van der Waals surface area contributed by atoms with Crippen molar-refractivity contribution in [2.45, 2.75) is 13.8 Å². The molecule has 2 N–H and O–H groups in total. The summed E-state index contributed by atoms with van der Waals surface area (Å²) in [4.78, 5) is 20.0. The lowest BCUT2D eigenvalue weighted by atomic mass is 10.1. The van der Waals surface area contributed by atoms with Gasteiger partial charge in [0.2, 0.25) is 0 Å². The molecule has 4 nitrogen and oxygen atoms in total. The van der Waals surface area contributed by atoms with E-state index in [0.29, 0.717) is 6.54 Å². The number of fused-ring (bicyclic) bond motifs is 1. The van der Waals surface area contributed by atoms with Gasteiger partial charge in [-0.1, -0.05) is 23.9 Å². The van der Waals surface area contributed by atoms with Crippen molar-refractivity contribution in [2.75, 3.05) is 18.8 Å². The standard InChI is InChI=1S/C15H17N3OS.HI/c1-9-3-4-11-12(7-9)18-10(2)14(11)13(19)8-17-15-16-5-6-20-15;/h3-4,7,18H,5-6,8H2,1-2H3,(H,16,17);1H. The number of carbonyl (C=O) groups is 1. The summed E-state index contributed by atoms with van der Waals surface area (Å²) in [6.07, 6.45) is 0. The second kappa shape index (κ2) is 6.83. The number of H-pyrrole nitrogens is 1. The SMILES string of the molecule is Cc1ccc2c(C(=O)CNC3=NCCS3)c(C)[nH]c2c1.I. The van der Waals surface area contributed by atoms with Gasteiger partial charge in [-0.2, -0.15) is 0 Å². The van der Waals surface area contributed by atoms with Crippen LogP contribution in [0.25, 0.3) is 10.9 Å². The second-order valence-corrected chi connectivity index (χ2v) is 6.07. The number of carbonyl (C=O) groups excluding carboxylic acids is 1. The quantitative estimate of drug-likeness (QED) is 0.598. The van der Waals surface area contributed by atoms with E-state index in [1.54, 1.807) is 11.8 Å². The summed E-state index contributed by atoms with van der Waals surface area (Å²) in [5.74, 6) is 1.11. The zero-order chi connectivity index (χ0) is 14.1. The molecule has 0 saturated carbocycles. The summed E-state index contributed by atoms with van der Waals surface area (Å²) in [6, 6.07) is 6.13. The monoisotopic (exact) mass is 415 g/mol. The number of benzene rings is 1. The van der Waals surface area contributed by atoms with E-state index in [2.05, 4.69) is 21.4 Å². The normalized spacial score (nSPS) is 13.9. The highest BCUT2D eigenvalue weighted by molar-refractivity contribution is 14.0. The van der Waals surface area contributed by atoms with Gasteiger partial charge in [0.15, 0.2) is 11.0 Å². The van der Waals surface area contributed by atoms with Crippen LogP contribution in [0.1, 0.15) is 21.6 Å². The van der Waals surface area contributed by atoms with Gasteiger partial charge in [0, 0.05) is 27.9 Å². The van der Waals surface area contributed by atoms with Gasteiger partial charge in [0.25, 0.3) is 0 Å². The van der Waals surface area contributed by atoms with Crippen molar-refractivity contribution in [1.29, 1.82) is 0 Å². The van der Waals surface area contributed by atoms with Gasteiger partial charge < -0.3 is 10.3 Å². The van der Waals surface area contributed by atoms with Crippen LogP contribution in [0.5, 0.6) is 0 Å². The van der Waals surface area contributed by atoms with Crippen molar-refractivity contribution in [3.05, 3.63) is 35.0 Å². The number of hydrogen-bond acceptors (Lipinski definition) is 4. The van der Waals surface area contributed by atoms with E-state index in [1.807, 2.05) is 26.0 Å². The molecule has 112 valence electrons. The average molecular weight is 415 g/mol. The Kier molecular flexibility index (Phi) is 5.32. The Morgan fingerprint density at radius 1 is 1.43 bits per heavy atom. The number of nitrogens with one attached hydrogen (secondary N) is 2. The number of Topliss-reactive ketones (excluding diaryl/α,β-unsaturated/α-hetero) is 1. The third kappa shape index (κ3) is 3.42. The number of aromatic amines is 1. The van der Waals surface area contributed by atoms with Gasteiger partial charge in [0.1, 0.15) is 0 Å². The molecule has 21 heavy (non-hydrogen) atoms. The zero-order valence-corrected chi connectivity index (χ0v) is 15.2. The van der Waals surface area contributed by atoms with Crippen molar-refractivity contribution in [2.24, 2.45) is 4.99 Å². The van der Waals surface area contributed by atoms with Gasteiger partial charge in [-0.15, -0.1) is 24.0 Å². The molecule has 1 aromatic carbocycles. The third-order valence-corrected chi connectivity index (χ3v) is 4.34. The number of aromatic nitrogens is 1. The first-order valence-electron chi connectivity index (χ1n) is 6.68. The Hall–Kier alpha value is -1.02. The molecule has 0 bridgehead atoms. The number of nitrogens with zero attached hydrogens (tertiary/aromatic N) is 1. The Morgan fingerprint density at radius 2 is 2.24 bits per heavy atom. The predicted octanol–water partition coefficient (Wildman–Crippen LogP) is 3.28. The maximum Gasteiger partial charge on any atom is 0.184 e. The minimum atomic E-state index is 0. The number of halogens is 1. The van der Waals surface area contributed by atoms with Crippen LogP contribution < -0.4 is 5.32 Å². The summed E-state index contributed by atoms with van der Waals surface area (Å²) in [5.41, 5.74) is 3.93. The highest BCUT2D eigenvalue weighted by atomic mass is 127. The molecule has 0 unspecified atom stereocenters. The first-order valence-corrected chi connectivity index (χ1v) is 7.67. The smallest absolute Gasteiger partial charge is 0.184 e. The van der Waals surface area contributed by atoms with E-state index in [4.69, 9.17) is 0 Å². The van der Waals surface area contributed by atoms with Gasteiger partial charge in [-0.3, -0.25) is 9.79 Å². The molecule has 6 heteroatoms. The summed E-state index contributed by atoms with van der Waals surface area (Å²) in [5, 5.41) is 5.00. The molecule has 1 aliphatic heterocycles. The number of aryl methyl sites for hydroxylation is 2. The fourth-order valence-electron chi connectivity index (χ4n) is 2.49. The summed E-state index contributed by atoms with van der Waals surface area (Å²) < 4.78 is 0. The molecule has 1 aromatic heterocycles. The molecule has 0 spiro atoms. The average Bonchev–Trinajstić information content (AvgIpc) is 3.02. The van der Waals surface area contributed by atoms with E-state index in [1.165, 1.54) is 5.56 Å². The topological polar surface area (TPSA) is 57.2 Å². The van der Waals surface area contributed by atoms with Crippen LogP contribution in [0, 0.1) is 13.8 Å². The summed E-state index contributed by atoms with van der Waals surface area (Å²) in [6.45, 7) is 5.14. The van der Waals surface area contributed by atoms with Crippen LogP contribution in [0.3, 0.4) is 0 Å². The van der Waals surface area contributed by atoms with Crippen LogP contribution in [-0.4, -0.2) is 34.8 Å². The fraction of sp³-hybridized carbons (Fsp3) is 0.333. The maximum absolute atomic E-state index is 12.4. The Labute approximate surface area is 145 Å². The molecule has 0 fully saturated rings. The number of thioether (sulfide) groups is 1. The lowest BCUT2D eigenvalue weighted by molar-refractivity contribution is 0.0997. The number of aliphatic imine (C=N–C) groups is 1. The fourth-order valence-corrected chi connectivity index (χ4v) is 3.22. The number of rotatable bonds is 3. The summed E-state index contributed by atoms with van der Waals surface area (Å²) in [7, 11) is 0. The third-order valence-electron chi connectivity index (χ3n) is 3.41. The highest BCUT2D eigenvalue weighted by Gasteiger charge is 2.17. The van der Waals surface area contributed by atoms with Gasteiger partial charge in [-0.25, -0.2) is 0 Å². The first-order chi connectivity index (χ1) is 9.65. The highest BCUT2D eigenvalue weighted by Crippen LogP contribution is 2.23. The Morgan fingerprint density at radius 3 is 2.95 bits per heavy atom. The van der Waals surface area contributed by atoms with E-state index >= 15 is 0 Å². The lowest BCUT2D eigenvalue weighted by Crippen LogP contribution is -2.26. The summed E-state index contributed by atoms with van der Waals surface area (Å²) >= 11 is 1.67. The lowest BCUT2D eigenvalue weighted by Gasteiger charge is -2.04. The molecule has 3 rings (SSSR count). The molecule has 0 atom stereocenters. The molecule has 0 radical (unpaired) electrons. The van der Waals surface area contributed by atoms with Gasteiger partial charge in [-0.05, 0) is 25.5 Å². The van der Waals surface area contributed by atoms with Crippen LogP contribution in [0.4, 0.5) is 0 Å². The van der Waals surface area contributed by atoms with Crippen molar-refractivity contribution >= 4 is 57.6 Å². The van der Waals surface area contributed by atoms with Crippen LogP contribution in [0.2, 0.25) is 0 Å². The molecule has 0 amide bonds. The van der Waals surface area contributed by atoms with Crippen molar-refractivity contribution in [1.82, 2.24) is 10.3 Å². The number of hydrogen-bond donors (Lipinski definition) is 2. The Bertz CT molecular complexity index is 708. The Balaban J connectivity index is 0.00000161. The van der Waals surface area contributed by atoms with Gasteiger partial charge >= 0.3 is 0 Å². The van der Waals surface area contributed by atoms with E-state index in [0.717, 1.165) is 39.6 Å². The minimum absolute atomic E-state index is 0. The molecule has 0 aliphatic carbocycles. The van der Waals surface area contributed by atoms with Gasteiger partial charge in [0.05, 0.1) is 13.1 Å². The predicted molar refractivity (Wildman–Crippen MR) is 100 cm³/mol. The van der Waals surface area contributed by atoms with E-state index < -0.39 is 0 Å². The minimum Gasteiger partial charge on any atom is -0.358 e. The van der Waals surface area contributed by atoms with Crippen molar-refractivity contribution < 1.29 is 4.79 Å². The largest absolute Gasteiger partial charge is 0.358 e. The second-order valence-electron chi connectivity index (χ2n) is 4.99. The van der Waals surface area contributed by atoms with Crippen LogP contribution in [0.15, 0.2) is 23.2 Å². The van der Waals surface area contributed by atoms with E-state index in [9.17, 15) is 4.79 Å². The van der Waals surface area contributed by atoms with Crippen molar-refractivity contribution in [3.8, 4) is 0 Å². The molecular formula is C15H18IN3OS. The van der Waals surface area contributed by atoms with E-state index in [-0.39, 0.29) is 29.8 Å². The maximum atomic E-state index is 12.4. The van der Waals surface area contributed by atoms with Crippen LogP contribution >= 0.6 is 35.7 Å². The van der Waals surface area contributed by atoms with Crippen LogP contribution in [-0.2, 0) is 0 Å². The molecule has 1 aliphatic rings. The van der Waals surface area contributed by atoms with Crippen molar-refractivity contribution in [3.63, 3.8) is 0 Å². The molecule has 2 heterocycles. The zero-order valence-electron chi connectivity index (χ0n) is 12.0.